The normalized spacial score (nSPS) is 11.8. The van der Waals surface area contributed by atoms with Crippen molar-refractivity contribution in [3.05, 3.63) is 194 Å². The van der Waals surface area contributed by atoms with E-state index in [-0.39, 0.29) is 0 Å². The molecule has 0 spiro atoms. The number of benzene rings is 11. The third-order valence-electron chi connectivity index (χ3n) is 11.2. The van der Waals surface area contributed by atoms with Crippen molar-refractivity contribution in [1.29, 1.82) is 0 Å². The molecule has 11 rings (SSSR count). The van der Waals surface area contributed by atoms with Gasteiger partial charge >= 0.3 is 0 Å². The Hall–Kier alpha value is -6.76. The van der Waals surface area contributed by atoms with Gasteiger partial charge < -0.3 is 0 Å². The van der Waals surface area contributed by atoms with Gasteiger partial charge in [0.05, 0.1) is 0 Å². The maximum absolute atomic E-state index is 2.36. The molecule has 52 heavy (non-hydrogen) atoms. The zero-order valence-corrected chi connectivity index (χ0v) is 28.5. The summed E-state index contributed by atoms with van der Waals surface area (Å²) >= 11 is 0. The second kappa shape index (κ2) is 11.4. The molecule has 0 aliphatic rings. The molecule has 0 unspecified atom stereocenters. The minimum Gasteiger partial charge on any atom is -0.0622 e. The van der Waals surface area contributed by atoms with Gasteiger partial charge in [-0.3, -0.25) is 0 Å². The molecule has 0 amide bonds. The van der Waals surface area contributed by atoms with E-state index in [0.29, 0.717) is 0 Å². The highest BCUT2D eigenvalue weighted by atomic mass is 14.2. The molecule has 11 aromatic carbocycles. The molecule has 0 heterocycles. The molecule has 0 radical (unpaired) electrons. The van der Waals surface area contributed by atoms with Crippen LogP contribution < -0.4 is 0 Å². The quantitative estimate of drug-likeness (QED) is 0.131. The maximum atomic E-state index is 2.36. The number of rotatable bonds is 4. The van der Waals surface area contributed by atoms with Crippen LogP contribution in [-0.4, -0.2) is 0 Å². The van der Waals surface area contributed by atoms with Crippen LogP contribution in [-0.2, 0) is 0 Å². The van der Waals surface area contributed by atoms with Gasteiger partial charge in [0.25, 0.3) is 0 Å². The molecule has 0 aliphatic carbocycles. The molecule has 0 aromatic heterocycles. The Labute approximate surface area is 302 Å². The molecule has 11 aromatic rings. The van der Waals surface area contributed by atoms with Gasteiger partial charge in [0, 0.05) is 0 Å². The Morgan fingerprint density at radius 3 is 1.00 bits per heavy atom. The van der Waals surface area contributed by atoms with Crippen molar-refractivity contribution < 1.29 is 0 Å². The van der Waals surface area contributed by atoms with Crippen molar-refractivity contribution in [2.45, 2.75) is 0 Å². The van der Waals surface area contributed by atoms with Gasteiger partial charge in [0.1, 0.15) is 0 Å². The van der Waals surface area contributed by atoms with E-state index >= 15 is 0 Å². The molecule has 0 bridgehead atoms. The van der Waals surface area contributed by atoms with Crippen LogP contribution in [0.1, 0.15) is 0 Å². The molecule has 240 valence electrons. The first-order valence-corrected chi connectivity index (χ1v) is 18.1. The van der Waals surface area contributed by atoms with Gasteiger partial charge in [-0.1, -0.05) is 194 Å². The fraction of sp³-hybridized carbons (Fsp3) is 0. The molecule has 0 saturated carbocycles. The standard InChI is InChI=1S/C52H32/c1-3-13-33(14-4-1)37-31-32-46(40-18-8-7-17-39(37)40)51-41-19-9-11-21-43(41)52(44-22-12-10-20-42(44)51)48-30-26-36-24-28-45-38(34-15-5-2-6-16-34)27-23-35-25-29-47(48)50(36)49(35)45/h1-32H. The zero-order chi connectivity index (χ0) is 34.2. The SMILES string of the molecule is c1ccc(-c2ccc(-c3c4ccccc4c(-c4ccc5ccc6c(-c7ccccc7)ccc7ccc4c5c76)c4ccccc34)c3ccccc23)cc1. The Kier molecular flexibility index (Phi) is 6.35. The minimum atomic E-state index is 1.24. The molecule has 0 nitrogen and oxygen atoms in total. The van der Waals surface area contributed by atoms with Crippen molar-refractivity contribution in [2.75, 3.05) is 0 Å². The first-order chi connectivity index (χ1) is 25.8. The van der Waals surface area contributed by atoms with Crippen LogP contribution in [0.15, 0.2) is 194 Å². The molecule has 0 fully saturated rings. The highest BCUT2D eigenvalue weighted by molar-refractivity contribution is 6.31. The molecule has 0 N–H and O–H groups in total. The summed E-state index contributed by atoms with van der Waals surface area (Å²) in [6, 6.07) is 71.8. The van der Waals surface area contributed by atoms with Gasteiger partial charge in [-0.2, -0.15) is 0 Å². The summed E-state index contributed by atoms with van der Waals surface area (Å²) in [6.45, 7) is 0. The average Bonchev–Trinajstić information content (AvgIpc) is 3.22. The Bertz CT molecular complexity index is 3100. The first kappa shape index (κ1) is 29.0. The summed E-state index contributed by atoms with van der Waals surface area (Å²) in [6.07, 6.45) is 0. The summed E-state index contributed by atoms with van der Waals surface area (Å²) < 4.78 is 0. The Balaban J connectivity index is 1.23. The van der Waals surface area contributed by atoms with Gasteiger partial charge in [0.15, 0.2) is 0 Å². The second-order valence-corrected chi connectivity index (χ2v) is 13.9. The van der Waals surface area contributed by atoms with Crippen LogP contribution in [0.5, 0.6) is 0 Å². The summed E-state index contributed by atoms with van der Waals surface area (Å²) in [7, 11) is 0. The monoisotopic (exact) mass is 656 g/mol. The summed E-state index contributed by atoms with van der Waals surface area (Å²) in [5.41, 5.74) is 10.1. The second-order valence-electron chi connectivity index (χ2n) is 13.9. The van der Waals surface area contributed by atoms with E-state index in [2.05, 4.69) is 194 Å². The van der Waals surface area contributed by atoms with E-state index < -0.39 is 0 Å². The molecular weight excluding hydrogens is 625 g/mol. The summed E-state index contributed by atoms with van der Waals surface area (Å²) in [5, 5.41) is 15.4. The van der Waals surface area contributed by atoms with Gasteiger partial charge in [-0.15, -0.1) is 0 Å². The highest BCUT2D eigenvalue weighted by Gasteiger charge is 2.21. The third-order valence-corrected chi connectivity index (χ3v) is 11.2. The maximum Gasteiger partial charge on any atom is -0.00201 e. The lowest BCUT2D eigenvalue weighted by Crippen LogP contribution is -1.94. The lowest BCUT2D eigenvalue weighted by Gasteiger charge is -2.21. The molecule has 0 heteroatoms. The van der Waals surface area contributed by atoms with E-state index in [0.717, 1.165) is 0 Å². The van der Waals surface area contributed by atoms with Crippen molar-refractivity contribution in [2.24, 2.45) is 0 Å². The van der Waals surface area contributed by atoms with E-state index in [1.807, 2.05) is 0 Å². The van der Waals surface area contributed by atoms with Crippen molar-refractivity contribution >= 4 is 64.6 Å². The highest BCUT2D eigenvalue weighted by Crippen LogP contribution is 2.49. The first-order valence-electron chi connectivity index (χ1n) is 18.1. The van der Waals surface area contributed by atoms with Crippen LogP contribution in [0.3, 0.4) is 0 Å². The van der Waals surface area contributed by atoms with E-state index in [1.54, 1.807) is 0 Å². The zero-order valence-electron chi connectivity index (χ0n) is 28.5. The number of hydrogen-bond donors (Lipinski definition) is 0. The molecule has 0 aliphatic heterocycles. The Morgan fingerprint density at radius 1 is 0.192 bits per heavy atom. The van der Waals surface area contributed by atoms with Gasteiger partial charge in [-0.25, -0.2) is 0 Å². The lowest BCUT2D eigenvalue weighted by atomic mass is 9.82. The van der Waals surface area contributed by atoms with Crippen LogP contribution in [0, 0.1) is 0 Å². The van der Waals surface area contributed by atoms with Crippen molar-refractivity contribution in [1.82, 2.24) is 0 Å². The average molecular weight is 657 g/mol. The molecule has 0 atom stereocenters. The largest absolute Gasteiger partial charge is 0.0622 e. The molecule has 0 saturated heterocycles. The number of hydrogen-bond acceptors (Lipinski definition) is 0. The predicted octanol–water partition coefficient (Wildman–Crippen LogP) is 14.7. The van der Waals surface area contributed by atoms with Crippen LogP contribution in [0.2, 0.25) is 0 Å². The van der Waals surface area contributed by atoms with Gasteiger partial charge in [0.2, 0.25) is 0 Å². The van der Waals surface area contributed by atoms with Crippen LogP contribution >= 0.6 is 0 Å². The summed E-state index contributed by atoms with van der Waals surface area (Å²) in [4.78, 5) is 0. The Morgan fingerprint density at radius 2 is 0.500 bits per heavy atom. The van der Waals surface area contributed by atoms with E-state index in [9.17, 15) is 0 Å². The minimum absolute atomic E-state index is 1.24. The fourth-order valence-corrected chi connectivity index (χ4v) is 8.98. The van der Waals surface area contributed by atoms with Crippen molar-refractivity contribution in [3.63, 3.8) is 0 Å². The predicted molar refractivity (Wildman–Crippen MR) is 224 cm³/mol. The number of fused-ring (bicyclic) bond motifs is 3. The molecular formula is C52H32. The van der Waals surface area contributed by atoms with Crippen LogP contribution in [0.25, 0.3) is 109 Å². The van der Waals surface area contributed by atoms with Crippen molar-refractivity contribution in [3.8, 4) is 44.5 Å². The van der Waals surface area contributed by atoms with E-state index in [1.165, 1.54) is 109 Å². The topological polar surface area (TPSA) is 0 Å². The summed E-state index contributed by atoms with van der Waals surface area (Å²) in [5.74, 6) is 0. The fourth-order valence-electron chi connectivity index (χ4n) is 8.98. The van der Waals surface area contributed by atoms with Gasteiger partial charge in [-0.05, 0) is 109 Å². The third kappa shape index (κ3) is 4.22. The van der Waals surface area contributed by atoms with E-state index in [4.69, 9.17) is 0 Å². The van der Waals surface area contributed by atoms with Crippen LogP contribution in [0.4, 0.5) is 0 Å². The lowest BCUT2D eigenvalue weighted by molar-refractivity contribution is 1.64. The smallest absolute Gasteiger partial charge is 0.00201 e.